The van der Waals surface area contributed by atoms with Gasteiger partial charge in [-0.2, -0.15) is 0 Å². The van der Waals surface area contributed by atoms with Crippen molar-refractivity contribution in [3.63, 3.8) is 0 Å². The molecule has 9 heteroatoms. The minimum atomic E-state index is -0.307. The van der Waals surface area contributed by atoms with Gasteiger partial charge in [0.05, 0.1) is 18.8 Å². The van der Waals surface area contributed by atoms with E-state index in [1.807, 2.05) is 14.0 Å². The molecule has 0 aromatic carbocycles. The second-order valence-corrected chi connectivity index (χ2v) is 4.15. The fraction of sp³-hybridized carbons (Fsp3) is 0.500. The van der Waals surface area contributed by atoms with E-state index in [4.69, 9.17) is 5.73 Å². The van der Waals surface area contributed by atoms with Crippen molar-refractivity contribution in [1.82, 2.24) is 35.1 Å². The average molecular weight is 264 g/mol. The highest BCUT2D eigenvalue weighted by Crippen LogP contribution is 2.08. The van der Waals surface area contributed by atoms with Crippen LogP contribution >= 0.6 is 0 Å². The fourth-order valence-corrected chi connectivity index (χ4v) is 1.66. The van der Waals surface area contributed by atoms with E-state index < -0.39 is 0 Å². The fourth-order valence-electron chi connectivity index (χ4n) is 1.66. The van der Waals surface area contributed by atoms with Crippen LogP contribution in [0.1, 0.15) is 29.3 Å². The molecule has 0 saturated carbocycles. The Balaban J connectivity index is 2.02. The molecule has 1 atom stereocenters. The minimum Gasteiger partial charge on any atom is -0.341 e. The topological polar surface area (TPSA) is 117 Å². The molecule has 0 bridgehead atoms. The molecule has 0 aliphatic rings. The number of aryl methyl sites for hydroxylation is 1. The summed E-state index contributed by atoms with van der Waals surface area (Å²) in [4.78, 5) is 12.0. The van der Waals surface area contributed by atoms with Gasteiger partial charge in [-0.15, -0.1) is 15.3 Å². The zero-order chi connectivity index (χ0) is 13.8. The number of carbonyl (C=O) groups excluding carboxylic acids is 1. The summed E-state index contributed by atoms with van der Waals surface area (Å²) in [6.45, 7) is 2.80. The van der Waals surface area contributed by atoms with Gasteiger partial charge in [-0.05, 0) is 6.92 Å². The predicted molar refractivity (Wildman–Crippen MR) is 66.0 cm³/mol. The third kappa shape index (κ3) is 2.94. The van der Waals surface area contributed by atoms with Crippen molar-refractivity contribution in [2.45, 2.75) is 19.5 Å². The maximum Gasteiger partial charge on any atom is 0.274 e. The number of hydrogen-bond donors (Lipinski definition) is 2. The van der Waals surface area contributed by atoms with Crippen LogP contribution in [0.15, 0.2) is 12.5 Å². The molecule has 0 spiro atoms. The molecule has 0 aliphatic heterocycles. The third-order valence-electron chi connectivity index (χ3n) is 2.61. The quantitative estimate of drug-likeness (QED) is 0.704. The Labute approximate surface area is 109 Å². The first kappa shape index (κ1) is 13.1. The van der Waals surface area contributed by atoms with Gasteiger partial charge in [0.2, 0.25) is 0 Å². The SMILES string of the molecule is CC(NC(=O)c1cn(CCN)nn1)c1nncn1C. The number of nitrogens with zero attached hydrogens (tertiary/aromatic N) is 6. The molecule has 2 heterocycles. The smallest absolute Gasteiger partial charge is 0.274 e. The molecule has 2 rings (SSSR count). The summed E-state index contributed by atoms with van der Waals surface area (Å²) in [6, 6.07) is -0.264. The lowest BCUT2D eigenvalue weighted by molar-refractivity contribution is 0.0932. The van der Waals surface area contributed by atoms with E-state index in [-0.39, 0.29) is 17.6 Å². The molecule has 0 fully saturated rings. The summed E-state index contributed by atoms with van der Waals surface area (Å²) in [5.41, 5.74) is 5.65. The molecule has 0 saturated heterocycles. The van der Waals surface area contributed by atoms with Gasteiger partial charge in [0, 0.05) is 13.6 Å². The number of aromatic nitrogens is 6. The Kier molecular flexibility index (Phi) is 3.85. The summed E-state index contributed by atoms with van der Waals surface area (Å²) in [7, 11) is 1.81. The van der Waals surface area contributed by atoms with Gasteiger partial charge in [-0.3, -0.25) is 9.48 Å². The monoisotopic (exact) mass is 264 g/mol. The lowest BCUT2D eigenvalue weighted by Gasteiger charge is -2.11. The normalized spacial score (nSPS) is 12.4. The second kappa shape index (κ2) is 5.57. The number of rotatable bonds is 5. The zero-order valence-electron chi connectivity index (χ0n) is 10.8. The van der Waals surface area contributed by atoms with Crippen molar-refractivity contribution in [3.8, 4) is 0 Å². The maximum absolute atomic E-state index is 12.0. The van der Waals surface area contributed by atoms with Crippen LogP contribution in [0.2, 0.25) is 0 Å². The molecule has 102 valence electrons. The Morgan fingerprint density at radius 2 is 2.32 bits per heavy atom. The van der Waals surface area contributed by atoms with Crippen LogP contribution in [0.4, 0.5) is 0 Å². The molecular weight excluding hydrogens is 248 g/mol. The first-order valence-corrected chi connectivity index (χ1v) is 5.86. The van der Waals surface area contributed by atoms with Gasteiger partial charge in [0.25, 0.3) is 5.91 Å². The van der Waals surface area contributed by atoms with E-state index in [0.29, 0.717) is 18.9 Å². The van der Waals surface area contributed by atoms with E-state index >= 15 is 0 Å². The largest absolute Gasteiger partial charge is 0.341 e. The molecule has 2 aromatic rings. The third-order valence-corrected chi connectivity index (χ3v) is 2.61. The number of hydrogen-bond acceptors (Lipinski definition) is 6. The summed E-state index contributed by atoms with van der Waals surface area (Å²) in [6.07, 6.45) is 3.14. The Hall–Kier alpha value is -2.29. The molecule has 1 amide bonds. The summed E-state index contributed by atoms with van der Waals surface area (Å²) in [5.74, 6) is 0.362. The number of carbonyl (C=O) groups is 1. The van der Waals surface area contributed by atoms with Gasteiger partial charge in [0.1, 0.15) is 6.33 Å². The van der Waals surface area contributed by atoms with Crippen molar-refractivity contribution >= 4 is 5.91 Å². The predicted octanol–water partition coefficient (Wildman–Crippen LogP) is -1.14. The molecule has 0 radical (unpaired) electrons. The van der Waals surface area contributed by atoms with Crippen LogP contribution in [-0.2, 0) is 13.6 Å². The van der Waals surface area contributed by atoms with E-state index in [1.54, 1.807) is 17.1 Å². The lowest BCUT2D eigenvalue weighted by Crippen LogP contribution is -2.28. The van der Waals surface area contributed by atoms with E-state index in [9.17, 15) is 4.79 Å². The lowest BCUT2D eigenvalue weighted by atomic mass is 10.3. The van der Waals surface area contributed by atoms with E-state index in [0.717, 1.165) is 0 Å². The van der Waals surface area contributed by atoms with Gasteiger partial charge >= 0.3 is 0 Å². The Morgan fingerprint density at radius 3 is 2.95 bits per heavy atom. The van der Waals surface area contributed by atoms with Crippen LogP contribution < -0.4 is 11.1 Å². The van der Waals surface area contributed by atoms with Gasteiger partial charge in [-0.25, -0.2) is 0 Å². The van der Waals surface area contributed by atoms with Gasteiger partial charge in [-0.1, -0.05) is 5.21 Å². The van der Waals surface area contributed by atoms with Crippen LogP contribution in [0.5, 0.6) is 0 Å². The van der Waals surface area contributed by atoms with Crippen molar-refractivity contribution in [1.29, 1.82) is 0 Å². The van der Waals surface area contributed by atoms with Crippen LogP contribution in [-0.4, -0.2) is 42.2 Å². The highest BCUT2D eigenvalue weighted by atomic mass is 16.2. The van der Waals surface area contributed by atoms with Gasteiger partial charge in [0.15, 0.2) is 11.5 Å². The summed E-state index contributed by atoms with van der Waals surface area (Å²) < 4.78 is 3.28. The van der Waals surface area contributed by atoms with E-state index in [1.165, 1.54) is 4.68 Å². The van der Waals surface area contributed by atoms with E-state index in [2.05, 4.69) is 25.8 Å². The highest BCUT2D eigenvalue weighted by Gasteiger charge is 2.17. The first-order valence-electron chi connectivity index (χ1n) is 5.86. The Bertz CT molecular complexity index is 559. The summed E-state index contributed by atoms with van der Waals surface area (Å²) in [5, 5.41) is 18.1. The molecule has 3 N–H and O–H groups in total. The van der Waals surface area contributed by atoms with Crippen LogP contribution in [0.25, 0.3) is 0 Å². The zero-order valence-corrected chi connectivity index (χ0v) is 10.8. The molecule has 9 nitrogen and oxygen atoms in total. The molecule has 2 aromatic heterocycles. The van der Waals surface area contributed by atoms with Crippen LogP contribution in [0.3, 0.4) is 0 Å². The number of amides is 1. The number of nitrogens with one attached hydrogen (secondary N) is 1. The standard InChI is InChI=1S/C10H16N8O/c1-7(9-15-12-6-17(9)2)13-10(19)8-5-18(4-3-11)16-14-8/h5-7H,3-4,11H2,1-2H3,(H,13,19). The van der Waals surface area contributed by atoms with Gasteiger partial charge < -0.3 is 15.6 Å². The average Bonchev–Trinajstić information content (AvgIpc) is 2.98. The Morgan fingerprint density at radius 1 is 1.53 bits per heavy atom. The molecular formula is C10H16N8O. The summed E-state index contributed by atoms with van der Waals surface area (Å²) >= 11 is 0. The minimum absolute atomic E-state index is 0.252. The van der Waals surface area contributed by atoms with Crippen molar-refractivity contribution < 1.29 is 4.79 Å². The molecule has 19 heavy (non-hydrogen) atoms. The molecule has 1 unspecified atom stereocenters. The highest BCUT2D eigenvalue weighted by molar-refractivity contribution is 5.92. The van der Waals surface area contributed by atoms with Crippen molar-refractivity contribution in [2.75, 3.05) is 6.54 Å². The second-order valence-electron chi connectivity index (χ2n) is 4.15. The maximum atomic E-state index is 12.0. The number of nitrogens with two attached hydrogens (primary N) is 1. The first-order chi connectivity index (χ1) is 9.11. The van der Waals surface area contributed by atoms with Crippen molar-refractivity contribution in [3.05, 3.63) is 24.0 Å². The van der Waals surface area contributed by atoms with Crippen LogP contribution in [0, 0.1) is 0 Å². The molecule has 0 aliphatic carbocycles. The van der Waals surface area contributed by atoms with Crippen molar-refractivity contribution in [2.24, 2.45) is 12.8 Å².